The van der Waals surface area contributed by atoms with Gasteiger partial charge in [0.15, 0.2) is 0 Å². The average molecular weight is 349 g/mol. The molecule has 0 aliphatic carbocycles. The normalized spacial score (nSPS) is 19.2. The topological polar surface area (TPSA) is 56.2 Å². The van der Waals surface area contributed by atoms with Gasteiger partial charge in [0.2, 0.25) is 0 Å². The lowest BCUT2D eigenvalue weighted by molar-refractivity contribution is 0.0618. The monoisotopic (exact) mass is 349 g/mol. The summed E-state index contributed by atoms with van der Waals surface area (Å²) in [5.74, 6) is 0.759. The molecule has 25 heavy (non-hydrogen) atoms. The van der Waals surface area contributed by atoms with Crippen molar-refractivity contribution >= 4 is 11.8 Å². The van der Waals surface area contributed by atoms with E-state index in [1.54, 1.807) is 12.1 Å². The van der Waals surface area contributed by atoms with Crippen molar-refractivity contribution in [2.24, 2.45) is 0 Å². The summed E-state index contributed by atoms with van der Waals surface area (Å²) in [5.41, 5.74) is 0.685. The molecule has 1 aliphatic heterocycles. The molecular formula is C19H31N3O3. The van der Waals surface area contributed by atoms with Gasteiger partial charge < -0.3 is 9.84 Å². The minimum absolute atomic E-state index is 0.470. The number of amides is 1. The summed E-state index contributed by atoms with van der Waals surface area (Å²) in [6.07, 6.45) is -0.918. The van der Waals surface area contributed by atoms with Gasteiger partial charge in [0.05, 0.1) is 6.61 Å². The van der Waals surface area contributed by atoms with Gasteiger partial charge in [-0.05, 0) is 52.0 Å². The van der Waals surface area contributed by atoms with E-state index in [0.29, 0.717) is 30.9 Å². The molecule has 1 heterocycles. The smallest absolute Gasteiger partial charge is 0.411 e. The number of hydrogen-bond donors (Lipinski definition) is 1. The maximum atomic E-state index is 11.7. The fourth-order valence-electron chi connectivity index (χ4n) is 3.48. The van der Waals surface area contributed by atoms with Crippen LogP contribution in [0.1, 0.15) is 27.7 Å². The second kappa shape index (κ2) is 9.06. The molecule has 6 nitrogen and oxygen atoms in total. The molecule has 0 saturated carbocycles. The van der Waals surface area contributed by atoms with E-state index >= 15 is 0 Å². The van der Waals surface area contributed by atoms with E-state index in [9.17, 15) is 9.90 Å². The van der Waals surface area contributed by atoms with Gasteiger partial charge in [-0.15, -0.1) is 0 Å². The Morgan fingerprint density at radius 2 is 2.00 bits per heavy atom. The molecule has 0 spiro atoms. The lowest BCUT2D eigenvalue weighted by Crippen LogP contribution is -2.55. The SMILES string of the molecule is CCOc1ccc(N(CCN2CCN(C(C)C)C(C)C2)C(=O)O)cc1. The Morgan fingerprint density at radius 1 is 1.32 bits per heavy atom. The van der Waals surface area contributed by atoms with Gasteiger partial charge in [-0.3, -0.25) is 14.7 Å². The molecule has 1 aliphatic rings. The van der Waals surface area contributed by atoms with E-state index in [-0.39, 0.29) is 0 Å². The van der Waals surface area contributed by atoms with Gasteiger partial charge in [0, 0.05) is 50.5 Å². The van der Waals surface area contributed by atoms with Crippen molar-refractivity contribution in [1.29, 1.82) is 0 Å². The first-order valence-electron chi connectivity index (χ1n) is 9.13. The van der Waals surface area contributed by atoms with Gasteiger partial charge in [0.25, 0.3) is 0 Å². The molecule has 1 N–H and O–H groups in total. The summed E-state index contributed by atoms with van der Waals surface area (Å²) in [6, 6.07) is 8.29. The Bertz CT molecular complexity index is 547. The van der Waals surface area contributed by atoms with E-state index in [4.69, 9.17) is 4.74 Å². The largest absolute Gasteiger partial charge is 0.494 e. The lowest BCUT2D eigenvalue weighted by Gasteiger charge is -2.42. The van der Waals surface area contributed by atoms with Crippen molar-refractivity contribution in [2.75, 3.05) is 44.2 Å². The highest BCUT2D eigenvalue weighted by atomic mass is 16.5. The second-order valence-corrected chi connectivity index (χ2v) is 6.84. The number of piperazine rings is 1. The average Bonchev–Trinajstić information content (AvgIpc) is 2.56. The van der Waals surface area contributed by atoms with E-state index in [0.717, 1.165) is 31.9 Å². The van der Waals surface area contributed by atoms with E-state index in [1.165, 1.54) is 4.90 Å². The zero-order valence-electron chi connectivity index (χ0n) is 15.8. The van der Waals surface area contributed by atoms with Gasteiger partial charge in [-0.2, -0.15) is 0 Å². The molecule has 2 rings (SSSR count). The van der Waals surface area contributed by atoms with Gasteiger partial charge >= 0.3 is 6.09 Å². The summed E-state index contributed by atoms with van der Waals surface area (Å²) in [6.45, 7) is 13.4. The Hall–Kier alpha value is -1.79. The zero-order chi connectivity index (χ0) is 18.4. The third kappa shape index (κ3) is 5.34. The predicted molar refractivity (Wildman–Crippen MR) is 101 cm³/mol. The summed E-state index contributed by atoms with van der Waals surface area (Å²) in [5, 5.41) is 9.56. The Balaban J connectivity index is 1.93. The van der Waals surface area contributed by atoms with Crippen molar-refractivity contribution in [1.82, 2.24) is 9.80 Å². The first kappa shape index (κ1) is 19.5. The molecule has 1 amide bonds. The minimum atomic E-state index is -0.918. The van der Waals surface area contributed by atoms with Crippen LogP contribution in [0.5, 0.6) is 5.75 Å². The number of carboxylic acid groups (broad SMARTS) is 1. The quantitative estimate of drug-likeness (QED) is 0.820. The lowest BCUT2D eigenvalue weighted by atomic mass is 10.1. The number of nitrogens with zero attached hydrogens (tertiary/aromatic N) is 3. The van der Waals surface area contributed by atoms with Gasteiger partial charge in [-0.1, -0.05) is 0 Å². The van der Waals surface area contributed by atoms with Crippen molar-refractivity contribution < 1.29 is 14.6 Å². The third-order valence-electron chi connectivity index (χ3n) is 4.76. The molecular weight excluding hydrogens is 318 g/mol. The van der Waals surface area contributed by atoms with Crippen LogP contribution in [0.3, 0.4) is 0 Å². The van der Waals surface area contributed by atoms with Crippen LogP contribution in [-0.4, -0.2) is 72.4 Å². The van der Waals surface area contributed by atoms with Crippen molar-refractivity contribution in [3.63, 3.8) is 0 Å². The highest BCUT2D eigenvalue weighted by Gasteiger charge is 2.26. The fraction of sp³-hybridized carbons (Fsp3) is 0.632. The van der Waals surface area contributed by atoms with E-state index in [2.05, 4.69) is 30.6 Å². The Morgan fingerprint density at radius 3 is 2.52 bits per heavy atom. The number of ether oxygens (including phenoxy) is 1. The number of benzene rings is 1. The van der Waals surface area contributed by atoms with Crippen LogP contribution >= 0.6 is 0 Å². The van der Waals surface area contributed by atoms with Crippen molar-refractivity contribution in [3.8, 4) is 5.75 Å². The molecule has 1 atom stereocenters. The molecule has 1 fully saturated rings. The molecule has 1 saturated heterocycles. The third-order valence-corrected chi connectivity index (χ3v) is 4.76. The highest BCUT2D eigenvalue weighted by Crippen LogP contribution is 2.20. The molecule has 0 aromatic heterocycles. The molecule has 6 heteroatoms. The maximum Gasteiger partial charge on any atom is 0.411 e. The summed E-state index contributed by atoms with van der Waals surface area (Å²) >= 11 is 0. The van der Waals surface area contributed by atoms with Gasteiger partial charge in [-0.25, -0.2) is 4.79 Å². The van der Waals surface area contributed by atoms with Gasteiger partial charge in [0.1, 0.15) is 5.75 Å². The highest BCUT2D eigenvalue weighted by molar-refractivity contribution is 5.86. The van der Waals surface area contributed by atoms with Crippen molar-refractivity contribution in [2.45, 2.75) is 39.8 Å². The van der Waals surface area contributed by atoms with E-state index in [1.807, 2.05) is 19.1 Å². The fourth-order valence-corrected chi connectivity index (χ4v) is 3.48. The molecule has 0 bridgehead atoms. The number of hydrogen-bond acceptors (Lipinski definition) is 4. The first-order valence-corrected chi connectivity index (χ1v) is 9.13. The number of anilines is 1. The standard InChI is InChI=1S/C19H31N3O3/c1-5-25-18-8-6-17(7-9-18)22(19(23)24)13-11-20-10-12-21(15(2)3)16(4)14-20/h6-9,15-16H,5,10-14H2,1-4H3,(H,23,24). The van der Waals surface area contributed by atoms with Crippen LogP contribution in [-0.2, 0) is 0 Å². The first-order chi connectivity index (χ1) is 11.9. The molecule has 140 valence electrons. The van der Waals surface area contributed by atoms with Crippen molar-refractivity contribution in [3.05, 3.63) is 24.3 Å². The summed E-state index contributed by atoms with van der Waals surface area (Å²) in [7, 11) is 0. The Labute approximate surface area is 151 Å². The molecule has 1 aromatic carbocycles. The molecule has 1 unspecified atom stereocenters. The molecule has 1 aromatic rings. The Kier molecular flexibility index (Phi) is 7.08. The van der Waals surface area contributed by atoms with E-state index < -0.39 is 6.09 Å². The predicted octanol–water partition coefficient (Wildman–Crippen LogP) is 2.98. The van der Waals surface area contributed by atoms with Crippen LogP contribution < -0.4 is 9.64 Å². The summed E-state index contributed by atoms with van der Waals surface area (Å²) in [4.78, 5) is 17.9. The van der Waals surface area contributed by atoms with Crippen LogP contribution in [0.15, 0.2) is 24.3 Å². The summed E-state index contributed by atoms with van der Waals surface area (Å²) < 4.78 is 5.42. The number of carbonyl (C=O) groups is 1. The van der Waals surface area contributed by atoms with Crippen LogP contribution in [0.2, 0.25) is 0 Å². The van der Waals surface area contributed by atoms with Crippen LogP contribution in [0, 0.1) is 0 Å². The minimum Gasteiger partial charge on any atom is -0.494 e. The number of rotatable bonds is 7. The molecule has 0 radical (unpaired) electrons. The van der Waals surface area contributed by atoms with Crippen LogP contribution in [0.4, 0.5) is 10.5 Å². The maximum absolute atomic E-state index is 11.7. The van der Waals surface area contributed by atoms with Crippen LogP contribution in [0.25, 0.3) is 0 Å². The second-order valence-electron chi connectivity index (χ2n) is 6.84. The zero-order valence-corrected chi connectivity index (χ0v) is 15.8.